The summed E-state index contributed by atoms with van der Waals surface area (Å²) in [5.74, 6) is 0. The lowest BCUT2D eigenvalue weighted by Gasteiger charge is -2.18. The first-order valence-corrected chi connectivity index (χ1v) is 16.2. The van der Waals surface area contributed by atoms with Crippen LogP contribution in [0.3, 0.4) is 0 Å². The van der Waals surface area contributed by atoms with Crippen LogP contribution in [0, 0.1) is 0 Å². The third-order valence-corrected chi connectivity index (χ3v) is 9.16. The topological polar surface area (TPSA) is 38.7 Å². The van der Waals surface area contributed by atoms with Crippen LogP contribution in [0.1, 0.15) is 0 Å². The fraction of sp³-hybridized carbons (Fsp3) is 0. The third kappa shape index (κ3) is 4.81. The first kappa shape index (κ1) is 27.8. The molecule has 0 aliphatic heterocycles. The minimum atomic E-state index is 0.870. The van der Waals surface area contributed by atoms with Crippen LogP contribution in [0.5, 0.6) is 0 Å². The van der Waals surface area contributed by atoms with E-state index in [4.69, 9.17) is 9.97 Å². The summed E-state index contributed by atoms with van der Waals surface area (Å²) in [6, 6.07) is 57.6. The molecular weight excluding hydrogens is 583 g/mol. The number of pyridine rings is 1. The standard InChI is InChI=1S/C45H29N3/c1-2-11-30(12-3-1)31-20-24-33(25-21-31)44-45(48-41-19-9-8-18-40(41)47-44)34-26-22-32(23-27-34)42-36-14-4-6-16-38(36)43(35-13-10-28-46-29-35)39-17-7-5-15-37(39)42/h1-29H. The largest absolute Gasteiger partial charge is 0.264 e. The van der Waals surface area contributed by atoms with Crippen molar-refractivity contribution in [2.75, 3.05) is 0 Å². The van der Waals surface area contributed by atoms with Crippen molar-refractivity contribution in [3.63, 3.8) is 0 Å². The summed E-state index contributed by atoms with van der Waals surface area (Å²) in [5.41, 5.74) is 12.6. The summed E-state index contributed by atoms with van der Waals surface area (Å²) < 4.78 is 0. The van der Waals surface area contributed by atoms with Crippen LogP contribution in [0.2, 0.25) is 0 Å². The Bertz CT molecular complexity index is 2520. The molecule has 0 saturated heterocycles. The van der Waals surface area contributed by atoms with Crippen molar-refractivity contribution in [1.82, 2.24) is 15.0 Å². The van der Waals surface area contributed by atoms with E-state index in [-0.39, 0.29) is 0 Å². The Labute approximate surface area is 278 Å². The summed E-state index contributed by atoms with van der Waals surface area (Å²) in [7, 11) is 0. The van der Waals surface area contributed by atoms with Gasteiger partial charge in [-0.15, -0.1) is 0 Å². The van der Waals surface area contributed by atoms with Crippen LogP contribution in [0.15, 0.2) is 176 Å². The van der Waals surface area contributed by atoms with Crippen molar-refractivity contribution in [2.45, 2.75) is 0 Å². The van der Waals surface area contributed by atoms with E-state index in [1.165, 1.54) is 43.8 Å². The van der Waals surface area contributed by atoms with Gasteiger partial charge in [-0.3, -0.25) is 4.98 Å². The molecule has 9 rings (SSSR count). The molecule has 9 aromatic rings. The van der Waals surface area contributed by atoms with Gasteiger partial charge in [-0.1, -0.05) is 146 Å². The lowest BCUT2D eigenvalue weighted by Crippen LogP contribution is -1.96. The molecule has 2 aromatic heterocycles. The molecule has 0 N–H and O–H groups in total. The molecule has 0 radical (unpaired) electrons. The maximum absolute atomic E-state index is 5.18. The van der Waals surface area contributed by atoms with E-state index >= 15 is 0 Å². The molecule has 224 valence electrons. The molecule has 0 saturated carbocycles. The van der Waals surface area contributed by atoms with Gasteiger partial charge in [-0.05, 0) is 67.6 Å². The van der Waals surface area contributed by atoms with Crippen molar-refractivity contribution >= 4 is 32.6 Å². The Hall–Kier alpha value is -6.45. The molecule has 2 heterocycles. The monoisotopic (exact) mass is 611 g/mol. The normalized spacial score (nSPS) is 11.3. The molecule has 0 bridgehead atoms. The number of rotatable bonds is 5. The van der Waals surface area contributed by atoms with E-state index in [9.17, 15) is 0 Å². The second-order valence-electron chi connectivity index (χ2n) is 12.0. The Kier molecular flexibility index (Phi) is 6.80. The molecule has 0 unspecified atom stereocenters. The van der Waals surface area contributed by atoms with E-state index in [0.717, 1.165) is 44.7 Å². The van der Waals surface area contributed by atoms with Crippen molar-refractivity contribution in [3.05, 3.63) is 176 Å². The van der Waals surface area contributed by atoms with E-state index in [2.05, 4.69) is 132 Å². The second-order valence-corrected chi connectivity index (χ2v) is 12.0. The number of nitrogens with zero attached hydrogens (tertiary/aromatic N) is 3. The molecule has 0 aliphatic rings. The summed E-state index contributed by atoms with van der Waals surface area (Å²) in [5, 5.41) is 4.86. The smallest absolute Gasteiger partial charge is 0.0973 e. The zero-order valence-corrected chi connectivity index (χ0v) is 26.1. The van der Waals surface area contributed by atoms with Gasteiger partial charge in [-0.2, -0.15) is 0 Å². The Morgan fingerprint density at radius 2 is 0.688 bits per heavy atom. The zero-order valence-electron chi connectivity index (χ0n) is 26.1. The highest BCUT2D eigenvalue weighted by Gasteiger charge is 2.18. The van der Waals surface area contributed by atoms with Crippen LogP contribution in [-0.2, 0) is 0 Å². The van der Waals surface area contributed by atoms with Gasteiger partial charge in [0, 0.05) is 29.1 Å². The quantitative estimate of drug-likeness (QED) is 0.182. The first-order chi connectivity index (χ1) is 23.8. The van der Waals surface area contributed by atoms with E-state index in [1.807, 2.05) is 48.8 Å². The minimum absolute atomic E-state index is 0.870. The number of benzene rings is 7. The Morgan fingerprint density at radius 3 is 1.19 bits per heavy atom. The molecule has 0 spiro atoms. The molecule has 3 nitrogen and oxygen atoms in total. The number of fused-ring (bicyclic) bond motifs is 3. The minimum Gasteiger partial charge on any atom is -0.264 e. The Balaban J connectivity index is 1.20. The van der Waals surface area contributed by atoms with Gasteiger partial charge in [0.25, 0.3) is 0 Å². The van der Waals surface area contributed by atoms with Gasteiger partial charge in [0.2, 0.25) is 0 Å². The number of hydrogen-bond donors (Lipinski definition) is 0. The van der Waals surface area contributed by atoms with Crippen LogP contribution < -0.4 is 0 Å². The summed E-state index contributed by atoms with van der Waals surface area (Å²) >= 11 is 0. The van der Waals surface area contributed by atoms with Gasteiger partial charge >= 0.3 is 0 Å². The highest BCUT2D eigenvalue weighted by molar-refractivity contribution is 6.21. The predicted molar refractivity (Wildman–Crippen MR) is 200 cm³/mol. The summed E-state index contributed by atoms with van der Waals surface area (Å²) in [6.45, 7) is 0. The fourth-order valence-electron chi connectivity index (χ4n) is 6.91. The van der Waals surface area contributed by atoms with Gasteiger partial charge in [-0.25, -0.2) is 9.97 Å². The molecule has 0 fully saturated rings. The van der Waals surface area contributed by atoms with Crippen LogP contribution in [0.25, 0.3) is 88.5 Å². The number of aromatic nitrogens is 3. The molecule has 0 amide bonds. The van der Waals surface area contributed by atoms with E-state index in [1.54, 1.807) is 0 Å². The van der Waals surface area contributed by atoms with Gasteiger partial charge in [0.1, 0.15) is 0 Å². The Morgan fingerprint density at radius 1 is 0.292 bits per heavy atom. The molecule has 0 aliphatic carbocycles. The van der Waals surface area contributed by atoms with Gasteiger partial charge in [0.15, 0.2) is 0 Å². The van der Waals surface area contributed by atoms with Gasteiger partial charge in [0.05, 0.1) is 22.4 Å². The van der Waals surface area contributed by atoms with E-state index in [0.29, 0.717) is 0 Å². The first-order valence-electron chi connectivity index (χ1n) is 16.2. The zero-order chi connectivity index (χ0) is 31.9. The highest BCUT2D eigenvalue weighted by atomic mass is 14.8. The molecular formula is C45H29N3. The van der Waals surface area contributed by atoms with Crippen molar-refractivity contribution in [2.24, 2.45) is 0 Å². The van der Waals surface area contributed by atoms with E-state index < -0.39 is 0 Å². The average Bonchev–Trinajstić information content (AvgIpc) is 3.17. The van der Waals surface area contributed by atoms with Crippen molar-refractivity contribution < 1.29 is 0 Å². The number of para-hydroxylation sites is 2. The van der Waals surface area contributed by atoms with Gasteiger partial charge < -0.3 is 0 Å². The third-order valence-electron chi connectivity index (χ3n) is 9.16. The van der Waals surface area contributed by atoms with Crippen molar-refractivity contribution in [3.8, 4) is 55.9 Å². The average molecular weight is 612 g/mol. The number of hydrogen-bond acceptors (Lipinski definition) is 3. The predicted octanol–water partition coefficient (Wildman–Crippen LogP) is 11.7. The molecule has 48 heavy (non-hydrogen) atoms. The molecule has 3 heteroatoms. The fourth-order valence-corrected chi connectivity index (χ4v) is 6.91. The summed E-state index contributed by atoms with van der Waals surface area (Å²) in [4.78, 5) is 14.8. The van der Waals surface area contributed by atoms with Crippen LogP contribution in [0.4, 0.5) is 0 Å². The molecule has 0 atom stereocenters. The lowest BCUT2D eigenvalue weighted by atomic mass is 9.86. The van der Waals surface area contributed by atoms with Crippen LogP contribution in [-0.4, -0.2) is 15.0 Å². The maximum Gasteiger partial charge on any atom is 0.0973 e. The van der Waals surface area contributed by atoms with Crippen LogP contribution >= 0.6 is 0 Å². The highest BCUT2D eigenvalue weighted by Crippen LogP contribution is 2.44. The lowest BCUT2D eigenvalue weighted by molar-refractivity contribution is 1.29. The molecule has 7 aromatic carbocycles. The second kappa shape index (κ2) is 11.7. The maximum atomic E-state index is 5.18. The summed E-state index contributed by atoms with van der Waals surface area (Å²) in [6.07, 6.45) is 3.79. The van der Waals surface area contributed by atoms with Crippen molar-refractivity contribution in [1.29, 1.82) is 0 Å². The SMILES string of the molecule is c1ccc(-c2ccc(-c3nc4ccccc4nc3-c3ccc(-c4c5ccccc5c(-c5cccnc5)c5ccccc45)cc3)cc2)cc1.